The Morgan fingerprint density at radius 3 is 2.38 bits per heavy atom. The third kappa shape index (κ3) is 1.38. The first-order chi connectivity index (χ1) is 6.27. The molecule has 13 heavy (non-hydrogen) atoms. The van der Waals surface area contributed by atoms with Crippen LogP contribution in [0.3, 0.4) is 0 Å². The monoisotopic (exact) mass is 174 g/mol. The molecular weight excluding hydrogens is 166 g/mol. The van der Waals surface area contributed by atoms with Gasteiger partial charge >= 0.3 is 5.97 Å². The minimum atomic E-state index is -0.884. The smallest absolute Gasteiger partial charge is 0.335 e. The van der Waals surface area contributed by atoms with Crippen LogP contribution in [0.2, 0.25) is 0 Å². The van der Waals surface area contributed by atoms with E-state index in [1.54, 1.807) is 12.1 Å². The summed E-state index contributed by atoms with van der Waals surface area (Å²) in [6.45, 7) is 0. The lowest BCUT2D eigenvalue weighted by molar-refractivity contribution is 0.0697. The molecule has 0 aliphatic carbocycles. The summed E-state index contributed by atoms with van der Waals surface area (Å²) >= 11 is 0. The average Bonchev–Trinajstić information content (AvgIpc) is 2.17. The zero-order valence-electron chi connectivity index (χ0n) is 6.90. The van der Waals surface area contributed by atoms with Gasteiger partial charge in [0.1, 0.15) is 0 Å². The Labute approximate surface area is 75.4 Å². The highest BCUT2D eigenvalue weighted by atomic mass is 16.4. The van der Waals surface area contributed by atoms with Crippen LogP contribution in [0.1, 0.15) is 10.4 Å². The fraction of sp³-hybridized carbons (Fsp3) is 0. The van der Waals surface area contributed by atoms with Crippen molar-refractivity contribution in [3.63, 3.8) is 0 Å². The number of hydrogen-bond acceptors (Lipinski definition) is 1. The van der Waals surface area contributed by atoms with E-state index >= 15 is 0 Å². The van der Waals surface area contributed by atoms with Gasteiger partial charge in [-0.3, -0.25) is 0 Å². The molecule has 0 atom stereocenters. The van der Waals surface area contributed by atoms with Gasteiger partial charge in [0.15, 0.2) is 0 Å². The molecule has 2 aromatic rings. The Hall–Kier alpha value is -1.83. The molecule has 0 fully saturated rings. The molecule has 0 saturated carbocycles. The standard InChI is InChI=1S/C11H8O2/c12-11(13)10-6-5-8-3-1-2-4-9(8)7-10/h1-7H,(H,12,13)/i8+1,9+1. The lowest BCUT2D eigenvalue weighted by Crippen LogP contribution is -1.94. The Balaban J connectivity index is 2.69. The molecule has 0 saturated heterocycles. The molecule has 64 valence electrons. The summed E-state index contributed by atoms with van der Waals surface area (Å²) in [6, 6.07) is 12.8. The minimum absolute atomic E-state index is 0.332. The molecule has 2 nitrogen and oxygen atoms in total. The van der Waals surface area contributed by atoms with E-state index in [4.69, 9.17) is 5.11 Å². The summed E-state index contributed by atoms with van der Waals surface area (Å²) in [6.07, 6.45) is 0. The van der Waals surface area contributed by atoms with Crippen molar-refractivity contribution < 1.29 is 9.90 Å². The van der Waals surface area contributed by atoms with Gasteiger partial charge in [-0.2, -0.15) is 0 Å². The van der Waals surface area contributed by atoms with E-state index in [-0.39, 0.29) is 0 Å². The maximum atomic E-state index is 10.6. The van der Waals surface area contributed by atoms with Gasteiger partial charge in [-0.1, -0.05) is 30.3 Å². The fourth-order valence-corrected chi connectivity index (χ4v) is 1.32. The van der Waals surface area contributed by atoms with E-state index < -0.39 is 5.97 Å². The van der Waals surface area contributed by atoms with Gasteiger partial charge < -0.3 is 5.11 Å². The lowest BCUT2D eigenvalue weighted by atomic mass is 10.3. The molecule has 1 N–H and O–H groups in total. The van der Waals surface area contributed by atoms with Crippen LogP contribution in [-0.4, -0.2) is 11.1 Å². The molecular formula is C11H8O2. The van der Waals surface area contributed by atoms with E-state index in [9.17, 15) is 4.79 Å². The molecule has 2 rings (SSSR count). The summed E-state index contributed by atoms with van der Waals surface area (Å²) in [7, 11) is 0. The van der Waals surface area contributed by atoms with Crippen molar-refractivity contribution in [1.82, 2.24) is 0 Å². The summed E-state index contributed by atoms with van der Waals surface area (Å²) in [5, 5.41) is 10.8. The molecule has 0 bridgehead atoms. The Bertz CT molecular complexity index is 460. The van der Waals surface area contributed by atoms with E-state index in [0.717, 1.165) is 10.8 Å². The number of carboxylic acids is 1. The first-order valence-corrected chi connectivity index (χ1v) is 3.99. The predicted molar refractivity (Wildman–Crippen MR) is 50.9 cm³/mol. The van der Waals surface area contributed by atoms with Crippen LogP contribution < -0.4 is 0 Å². The average molecular weight is 174 g/mol. The number of aromatic carboxylic acids is 1. The second kappa shape index (κ2) is 2.90. The molecule has 0 amide bonds. The predicted octanol–water partition coefficient (Wildman–Crippen LogP) is 2.54. The maximum absolute atomic E-state index is 10.6. The number of carbonyl (C=O) groups is 1. The van der Waals surface area contributed by atoms with Gasteiger partial charge in [0, 0.05) is 0 Å². The van der Waals surface area contributed by atoms with E-state index in [0.29, 0.717) is 5.56 Å². The second-order valence-electron chi connectivity index (χ2n) is 2.87. The van der Waals surface area contributed by atoms with Crippen LogP contribution in [0.4, 0.5) is 0 Å². The molecule has 2 heteroatoms. The topological polar surface area (TPSA) is 37.3 Å². The highest BCUT2D eigenvalue weighted by molar-refractivity contribution is 5.94. The SMILES string of the molecule is O=C(O)c1cc[13c]2cccc[13c]2c1. The van der Waals surface area contributed by atoms with Crippen LogP contribution >= 0.6 is 0 Å². The van der Waals surface area contributed by atoms with Gasteiger partial charge in [0.05, 0.1) is 5.56 Å². The van der Waals surface area contributed by atoms with Crippen molar-refractivity contribution in [2.75, 3.05) is 0 Å². The minimum Gasteiger partial charge on any atom is -0.478 e. The first-order valence-electron chi connectivity index (χ1n) is 3.99. The molecule has 0 heterocycles. The number of hydrogen-bond donors (Lipinski definition) is 1. The summed E-state index contributed by atoms with van der Waals surface area (Å²) < 4.78 is 0. The van der Waals surface area contributed by atoms with Crippen molar-refractivity contribution in [1.29, 1.82) is 0 Å². The summed E-state index contributed by atoms with van der Waals surface area (Å²) in [4.78, 5) is 10.6. The van der Waals surface area contributed by atoms with Gasteiger partial charge in [0.2, 0.25) is 0 Å². The highest BCUT2D eigenvalue weighted by Gasteiger charge is 2.01. The third-order valence-corrected chi connectivity index (χ3v) is 2.00. The number of benzene rings is 2. The molecule has 0 spiro atoms. The van der Waals surface area contributed by atoms with Crippen molar-refractivity contribution in [2.45, 2.75) is 0 Å². The van der Waals surface area contributed by atoms with Crippen molar-refractivity contribution in [3.05, 3.63) is 48.0 Å². The van der Waals surface area contributed by atoms with E-state index in [1.807, 2.05) is 30.3 Å². The summed E-state index contributed by atoms with van der Waals surface area (Å²) in [5.41, 5.74) is 0.332. The van der Waals surface area contributed by atoms with Crippen LogP contribution in [0.25, 0.3) is 10.8 Å². The van der Waals surface area contributed by atoms with Gasteiger partial charge in [-0.05, 0) is 22.9 Å². The van der Waals surface area contributed by atoms with Crippen molar-refractivity contribution >= 4 is 16.7 Å². The highest BCUT2D eigenvalue weighted by Crippen LogP contribution is 2.15. The van der Waals surface area contributed by atoms with Crippen LogP contribution in [0, 0.1) is 0 Å². The quantitative estimate of drug-likeness (QED) is 0.721. The van der Waals surface area contributed by atoms with Crippen LogP contribution in [0.15, 0.2) is 42.5 Å². The Kier molecular flexibility index (Phi) is 1.74. The van der Waals surface area contributed by atoms with Crippen LogP contribution in [-0.2, 0) is 0 Å². The zero-order valence-corrected chi connectivity index (χ0v) is 6.90. The fourth-order valence-electron chi connectivity index (χ4n) is 1.32. The molecule has 0 aromatic heterocycles. The summed E-state index contributed by atoms with van der Waals surface area (Å²) in [5.74, 6) is -0.884. The van der Waals surface area contributed by atoms with Crippen molar-refractivity contribution in [2.24, 2.45) is 0 Å². The Morgan fingerprint density at radius 2 is 1.69 bits per heavy atom. The van der Waals surface area contributed by atoms with Crippen LogP contribution in [0.5, 0.6) is 0 Å². The molecule has 2 aromatic carbocycles. The molecule has 0 aliphatic rings. The third-order valence-electron chi connectivity index (χ3n) is 2.00. The van der Waals surface area contributed by atoms with Gasteiger partial charge in [0.25, 0.3) is 0 Å². The largest absolute Gasteiger partial charge is 0.478 e. The second-order valence-corrected chi connectivity index (χ2v) is 2.87. The van der Waals surface area contributed by atoms with E-state index in [2.05, 4.69) is 0 Å². The number of carboxylic acid groups (broad SMARTS) is 1. The normalized spacial score (nSPS) is 10.2. The molecule has 0 aliphatic heterocycles. The molecule has 0 unspecified atom stereocenters. The van der Waals surface area contributed by atoms with Gasteiger partial charge in [-0.15, -0.1) is 0 Å². The molecule has 0 radical (unpaired) electrons. The first kappa shape index (κ1) is 7.80. The zero-order chi connectivity index (χ0) is 9.26. The van der Waals surface area contributed by atoms with Gasteiger partial charge in [-0.25, -0.2) is 4.79 Å². The number of rotatable bonds is 1. The Morgan fingerprint density at radius 1 is 1.00 bits per heavy atom. The lowest BCUT2D eigenvalue weighted by Gasteiger charge is -1.98. The van der Waals surface area contributed by atoms with E-state index in [1.165, 1.54) is 0 Å². The number of fused-ring (bicyclic) bond motifs is 1. The van der Waals surface area contributed by atoms with Crippen molar-refractivity contribution in [3.8, 4) is 0 Å². The maximum Gasteiger partial charge on any atom is 0.335 e.